The van der Waals surface area contributed by atoms with Gasteiger partial charge in [0.15, 0.2) is 16.3 Å². The van der Waals surface area contributed by atoms with Crippen LogP contribution >= 0.6 is 56.5 Å². The number of nitrogens with zero attached hydrogens (tertiary/aromatic N) is 2. The van der Waals surface area contributed by atoms with E-state index < -0.39 is 12.0 Å². The van der Waals surface area contributed by atoms with Gasteiger partial charge in [-0.25, -0.2) is 9.79 Å². The van der Waals surface area contributed by atoms with Gasteiger partial charge in [0.1, 0.15) is 5.75 Å². The number of carbonyl (C=O) groups is 1. The number of carbonyl (C=O) groups excluding carboxylic acids is 1. The largest absolute Gasteiger partial charge is 0.506 e. The van der Waals surface area contributed by atoms with E-state index in [4.69, 9.17) is 14.2 Å². The Morgan fingerprint density at radius 3 is 2.37 bits per heavy atom. The number of phenols is 1. The molecule has 200 valence electrons. The number of ether oxygens (including phenoxy) is 3. The van der Waals surface area contributed by atoms with Crippen LogP contribution in [-0.4, -0.2) is 35.5 Å². The standard InChI is InChI=1S/C27H26I2N2O6S/c1-5-35-19-9-8-16(13-20(19)36-6-2)23-22(26(34)37-7-3)14(4)30-27-31(23)25(33)21(38-27)12-15-10-17(28)24(32)18(29)11-15/h8-13,23,32H,5-7H2,1-4H3/b21-12-/t23-/m1/s1. The van der Waals surface area contributed by atoms with Gasteiger partial charge in [-0.1, -0.05) is 17.4 Å². The summed E-state index contributed by atoms with van der Waals surface area (Å²) in [5, 5.41) is 10.1. The van der Waals surface area contributed by atoms with Crippen molar-refractivity contribution in [3.63, 3.8) is 0 Å². The van der Waals surface area contributed by atoms with Crippen molar-refractivity contribution in [1.29, 1.82) is 0 Å². The molecule has 2 heterocycles. The molecule has 0 spiro atoms. The van der Waals surface area contributed by atoms with Gasteiger partial charge in [0.25, 0.3) is 5.56 Å². The Kier molecular flexibility index (Phi) is 9.19. The fraction of sp³-hybridized carbons (Fsp3) is 0.296. The predicted molar refractivity (Wildman–Crippen MR) is 163 cm³/mol. The highest BCUT2D eigenvalue weighted by Crippen LogP contribution is 2.36. The van der Waals surface area contributed by atoms with Crippen LogP contribution in [0.3, 0.4) is 0 Å². The van der Waals surface area contributed by atoms with Crippen LogP contribution in [0.15, 0.2) is 51.4 Å². The smallest absolute Gasteiger partial charge is 0.338 e. The second-order valence-electron chi connectivity index (χ2n) is 8.21. The van der Waals surface area contributed by atoms with Crippen LogP contribution in [0.2, 0.25) is 0 Å². The monoisotopic (exact) mass is 760 g/mol. The Morgan fingerprint density at radius 2 is 1.74 bits per heavy atom. The normalized spacial score (nSPS) is 15.2. The first-order valence-electron chi connectivity index (χ1n) is 12.0. The van der Waals surface area contributed by atoms with Crippen LogP contribution in [-0.2, 0) is 9.53 Å². The van der Waals surface area contributed by atoms with Crippen molar-refractivity contribution in [3.05, 3.63) is 79.6 Å². The second kappa shape index (κ2) is 12.2. The number of allylic oxidation sites excluding steroid dienone is 1. The average Bonchev–Trinajstić information content (AvgIpc) is 3.17. The summed E-state index contributed by atoms with van der Waals surface area (Å²) in [7, 11) is 0. The molecule has 4 rings (SSSR count). The third-order valence-corrected chi connectivity index (χ3v) is 8.36. The molecule has 1 N–H and O–H groups in total. The number of hydrogen-bond donors (Lipinski definition) is 1. The third kappa shape index (κ3) is 5.64. The molecule has 2 aromatic carbocycles. The van der Waals surface area contributed by atoms with E-state index in [1.807, 2.05) is 32.0 Å². The maximum Gasteiger partial charge on any atom is 0.338 e. The van der Waals surface area contributed by atoms with Crippen LogP contribution in [0.4, 0.5) is 0 Å². The number of benzene rings is 2. The molecule has 3 aromatic rings. The maximum absolute atomic E-state index is 13.8. The third-order valence-electron chi connectivity index (χ3n) is 5.74. The van der Waals surface area contributed by atoms with Crippen LogP contribution < -0.4 is 24.4 Å². The van der Waals surface area contributed by atoms with Gasteiger partial charge >= 0.3 is 5.97 Å². The molecule has 1 atom stereocenters. The zero-order chi connectivity index (χ0) is 27.6. The minimum atomic E-state index is -0.762. The van der Waals surface area contributed by atoms with Gasteiger partial charge in [-0.05, 0) is 114 Å². The first-order valence-corrected chi connectivity index (χ1v) is 14.9. The van der Waals surface area contributed by atoms with Crippen LogP contribution in [0.5, 0.6) is 17.2 Å². The minimum absolute atomic E-state index is 0.193. The van der Waals surface area contributed by atoms with Crippen molar-refractivity contribution in [1.82, 2.24) is 4.57 Å². The van der Waals surface area contributed by atoms with Gasteiger partial charge in [0.2, 0.25) is 0 Å². The summed E-state index contributed by atoms with van der Waals surface area (Å²) < 4.78 is 20.3. The minimum Gasteiger partial charge on any atom is -0.506 e. The second-order valence-corrected chi connectivity index (χ2v) is 11.5. The molecule has 8 nitrogen and oxygen atoms in total. The van der Waals surface area contributed by atoms with E-state index in [0.29, 0.717) is 58.0 Å². The van der Waals surface area contributed by atoms with Gasteiger partial charge < -0.3 is 19.3 Å². The van der Waals surface area contributed by atoms with Crippen molar-refractivity contribution >= 4 is 68.6 Å². The van der Waals surface area contributed by atoms with Crippen LogP contribution in [0, 0.1) is 7.14 Å². The van der Waals surface area contributed by atoms with Crippen molar-refractivity contribution < 1.29 is 24.1 Å². The molecule has 0 amide bonds. The number of fused-ring (bicyclic) bond motifs is 1. The lowest BCUT2D eigenvalue weighted by molar-refractivity contribution is -0.139. The SMILES string of the molecule is CCOC(=O)C1=C(C)N=c2s/c(=C\c3cc(I)c(O)c(I)c3)c(=O)n2[C@@H]1c1ccc(OCC)c(OCC)c1. The van der Waals surface area contributed by atoms with Crippen molar-refractivity contribution in [2.45, 2.75) is 33.7 Å². The molecule has 38 heavy (non-hydrogen) atoms. The Morgan fingerprint density at radius 1 is 1.08 bits per heavy atom. The summed E-state index contributed by atoms with van der Waals surface area (Å²) in [6.07, 6.45) is 1.78. The molecular weight excluding hydrogens is 734 g/mol. The molecule has 0 saturated heterocycles. The van der Waals surface area contributed by atoms with Gasteiger partial charge in [-0.3, -0.25) is 9.36 Å². The lowest BCUT2D eigenvalue weighted by Crippen LogP contribution is -2.40. The Hall–Kier alpha value is -2.39. The topological polar surface area (TPSA) is 99.4 Å². The Bertz CT molecular complexity index is 1590. The molecule has 0 fully saturated rings. The summed E-state index contributed by atoms with van der Waals surface area (Å²) in [5.74, 6) is 0.795. The first kappa shape index (κ1) is 28.6. The zero-order valence-electron chi connectivity index (χ0n) is 21.2. The molecule has 0 saturated carbocycles. The predicted octanol–water partition coefficient (Wildman–Crippen LogP) is 4.51. The lowest BCUT2D eigenvalue weighted by atomic mass is 9.95. The summed E-state index contributed by atoms with van der Waals surface area (Å²) >= 11 is 5.37. The highest BCUT2D eigenvalue weighted by Gasteiger charge is 2.34. The van der Waals surface area contributed by atoms with Crippen LogP contribution in [0.25, 0.3) is 6.08 Å². The number of rotatable bonds is 8. The van der Waals surface area contributed by atoms with Gasteiger partial charge in [-0.2, -0.15) is 0 Å². The first-order chi connectivity index (χ1) is 18.2. The molecule has 1 aliphatic rings. The number of phenolic OH excluding ortho intramolecular Hbond substituents is 1. The van der Waals surface area contributed by atoms with E-state index in [9.17, 15) is 14.7 Å². The highest BCUT2D eigenvalue weighted by atomic mass is 127. The summed E-state index contributed by atoms with van der Waals surface area (Å²) in [6, 6.07) is 8.28. The van der Waals surface area contributed by atoms with E-state index >= 15 is 0 Å². The number of esters is 1. The fourth-order valence-corrected chi connectivity index (χ4v) is 7.03. The summed E-state index contributed by atoms with van der Waals surface area (Å²) in [4.78, 5) is 32.1. The zero-order valence-corrected chi connectivity index (χ0v) is 26.3. The summed E-state index contributed by atoms with van der Waals surface area (Å²) in [6.45, 7) is 8.35. The number of hydrogen-bond acceptors (Lipinski definition) is 8. The Labute approximate surface area is 250 Å². The van der Waals surface area contributed by atoms with Gasteiger partial charge in [-0.15, -0.1) is 0 Å². The van der Waals surface area contributed by atoms with Crippen LogP contribution in [0.1, 0.15) is 44.9 Å². The average molecular weight is 760 g/mol. The van der Waals surface area contributed by atoms with E-state index in [1.165, 1.54) is 15.9 Å². The quantitative estimate of drug-likeness (QED) is 0.268. The molecule has 0 radical (unpaired) electrons. The van der Waals surface area contributed by atoms with E-state index in [1.54, 1.807) is 32.1 Å². The molecule has 1 aliphatic heterocycles. The van der Waals surface area contributed by atoms with E-state index in [2.05, 4.69) is 50.2 Å². The number of thiazole rings is 1. The molecule has 0 unspecified atom stereocenters. The lowest BCUT2D eigenvalue weighted by Gasteiger charge is -2.25. The highest BCUT2D eigenvalue weighted by molar-refractivity contribution is 14.1. The fourth-order valence-electron chi connectivity index (χ4n) is 4.16. The molecular formula is C27H26I2N2O6S. The maximum atomic E-state index is 13.8. The van der Waals surface area contributed by atoms with E-state index in [0.717, 1.165) is 5.56 Å². The number of halogens is 2. The van der Waals surface area contributed by atoms with E-state index in [-0.39, 0.29) is 17.9 Å². The molecule has 1 aromatic heterocycles. The van der Waals surface area contributed by atoms with Crippen molar-refractivity contribution in [2.24, 2.45) is 4.99 Å². The summed E-state index contributed by atoms with van der Waals surface area (Å²) in [5.41, 5.74) is 1.96. The molecule has 0 bridgehead atoms. The number of aromatic hydroxyl groups is 1. The van der Waals surface area contributed by atoms with Gasteiger partial charge in [0, 0.05) is 0 Å². The molecule has 0 aliphatic carbocycles. The van der Waals surface area contributed by atoms with Crippen molar-refractivity contribution in [2.75, 3.05) is 19.8 Å². The van der Waals surface area contributed by atoms with Gasteiger partial charge in [0.05, 0.1) is 48.8 Å². The van der Waals surface area contributed by atoms with Crippen molar-refractivity contribution in [3.8, 4) is 17.2 Å². The Balaban J connectivity index is 1.96. The number of aromatic nitrogens is 1. The molecule has 11 heteroatoms.